The van der Waals surface area contributed by atoms with E-state index in [1.807, 2.05) is 13.8 Å². The summed E-state index contributed by atoms with van der Waals surface area (Å²) in [6.45, 7) is 3.90. The Morgan fingerprint density at radius 1 is 1.53 bits per heavy atom. The number of carbonyl (C=O) groups excluding carboxylic acids is 1. The molecule has 0 saturated heterocycles. The number of alkyl halides is 1. The first-order valence-electron chi connectivity index (χ1n) is 4.43. The van der Waals surface area contributed by atoms with Gasteiger partial charge in [0, 0.05) is 6.07 Å². The highest BCUT2D eigenvalue weighted by atomic mass is 79.9. The van der Waals surface area contributed by atoms with Gasteiger partial charge in [-0.25, -0.2) is 9.97 Å². The first-order chi connectivity index (χ1) is 7.00. The maximum atomic E-state index is 11.6. The molecule has 1 rings (SSSR count). The molecule has 0 bridgehead atoms. The number of halogens is 2. The minimum atomic E-state index is -0.244. The monoisotopic (exact) mass is 291 g/mol. The van der Waals surface area contributed by atoms with E-state index in [1.54, 1.807) is 0 Å². The first kappa shape index (κ1) is 12.4. The van der Waals surface area contributed by atoms with Crippen LogP contribution in [0.4, 0.5) is 5.82 Å². The minimum Gasteiger partial charge on any atom is -0.310 e. The molecule has 1 atom stereocenters. The van der Waals surface area contributed by atoms with Crippen molar-refractivity contribution in [3.05, 3.63) is 17.5 Å². The van der Waals surface area contributed by atoms with Crippen molar-refractivity contribution in [1.82, 2.24) is 9.97 Å². The van der Waals surface area contributed by atoms with Gasteiger partial charge in [0.1, 0.15) is 17.3 Å². The molecule has 1 unspecified atom stereocenters. The standard InChI is InChI=1S/C9H11BrClN3O/c1-5(2)8(10)9(15)14-7-3-6(11)12-4-13-7/h3-5,8H,1-2H3,(H,12,13,14,15). The lowest BCUT2D eigenvalue weighted by atomic mass is 10.1. The molecule has 4 nitrogen and oxygen atoms in total. The summed E-state index contributed by atoms with van der Waals surface area (Å²) in [6.07, 6.45) is 1.30. The molecular weight excluding hydrogens is 281 g/mol. The van der Waals surface area contributed by atoms with Gasteiger partial charge in [-0.3, -0.25) is 4.79 Å². The largest absolute Gasteiger partial charge is 0.310 e. The lowest BCUT2D eigenvalue weighted by molar-refractivity contribution is -0.116. The molecule has 0 aromatic carbocycles. The second kappa shape index (κ2) is 5.42. The van der Waals surface area contributed by atoms with E-state index in [1.165, 1.54) is 12.4 Å². The van der Waals surface area contributed by atoms with E-state index in [9.17, 15) is 4.79 Å². The molecule has 1 aromatic heterocycles. The highest BCUT2D eigenvalue weighted by molar-refractivity contribution is 9.10. The summed E-state index contributed by atoms with van der Waals surface area (Å²) in [4.78, 5) is 19.0. The number of hydrogen-bond acceptors (Lipinski definition) is 3. The second-order valence-corrected chi connectivity index (χ2v) is 4.73. The van der Waals surface area contributed by atoms with Crippen molar-refractivity contribution >= 4 is 39.3 Å². The summed E-state index contributed by atoms with van der Waals surface area (Å²) in [5.74, 6) is 0.479. The second-order valence-electron chi connectivity index (χ2n) is 3.36. The smallest absolute Gasteiger partial charge is 0.239 e. The molecule has 0 radical (unpaired) electrons. The van der Waals surface area contributed by atoms with Gasteiger partial charge in [0.25, 0.3) is 0 Å². The van der Waals surface area contributed by atoms with Crippen LogP contribution in [0, 0.1) is 5.92 Å². The lowest BCUT2D eigenvalue weighted by Crippen LogP contribution is -2.27. The van der Waals surface area contributed by atoms with E-state index >= 15 is 0 Å². The summed E-state index contributed by atoms with van der Waals surface area (Å²) in [5.41, 5.74) is 0. The van der Waals surface area contributed by atoms with Gasteiger partial charge >= 0.3 is 0 Å². The average molecular weight is 293 g/mol. The fourth-order valence-electron chi connectivity index (χ4n) is 0.900. The van der Waals surface area contributed by atoms with Crippen LogP contribution in [0.25, 0.3) is 0 Å². The molecule has 0 aliphatic rings. The molecule has 82 valence electrons. The normalized spacial score (nSPS) is 12.6. The van der Waals surface area contributed by atoms with Crippen LogP contribution >= 0.6 is 27.5 Å². The van der Waals surface area contributed by atoms with Crippen molar-refractivity contribution in [1.29, 1.82) is 0 Å². The Morgan fingerprint density at radius 2 is 2.20 bits per heavy atom. The number of hydrogen-bond donors (Lipinski definition) is 1. The van der Waals surface area contributed by atoms with Crippen molar-refractivity contribution in [2.24, 2.45) is 5.92 Å². The van der Waals surface area contributed by atoms with E-state index in [4.69, 9.17) is 11.6 Å². The Labute approximate surface area is 102 Å². The van der Waals surface area contributed by atoms with Crippen molar-refractivity contribution in [2.45, 2.75) is 18.7 Å². The fraction of sp³-hybridized carbons (Fsp3) is 0.444. The Hall–Kier alpha value is -0.680. The molecule has 1 aromatic rings. The molecule has 0 aliphatic carbocycles. The summed E-state index contributed by atoms with van der Waals surface area (Å²) >= 11 is 8.95. The predicted molar refractivity (Wildman–Crippen MR) is 63.2 cm³/mol. The van der Waals surface area contributed by atoms with Crippen molar-refractivity contribution in [3.8, 4) is 0 Å². The number of nitrogens with one attached hydrogen (secondary N) is 1. The zero-order valence-electron chi connectivity index (χ0n) is 8.37. The van der Waals surface area contributed by atoms with Gasteiger partial charge in [0.2, 0.25) is 5.91 Å². The maximum absolute atomic E-state index is 11.6. The number of amides is 1. The van der Waals surface area contributed by atoms with Gasteiger partial charge in [0.05, 0.1) is 4.83 Å². The Kier molecular flexibility index (Phi) is 4.47. The summed E-state index contributed by atoms with van der Waals surface area (Å²) in [6, 6.07) is 1.50. The fourth-order valence-corrected chi connectivity index (χ4v) is 1.16. The van der Waals surface area contributed by atoms with Gasteiger partial charge < -0.3 is 5.32 Å². The summed E-state index contributed by atoms with van der Waals surface area (Å²) in [5, 5.41) is 2.94. The van der Waals surface area contributed by atoms with Gasteiger partial charge in [-0.15, -0.1) is 0 Å². The molecular formula is C9H11BrClN3O. The van der Waals surface area contributed by atoms with Gasteiger partial charge in [-0.1, -0.05) is 41.4 Å². The Morgan fingerprint density at radius 3 is 2.73 bits per heavy atom. The van der Waals surface area contributed by atoms with Crippen LogP contribution in [0.3, 0.4) is 0 Å². The van der Waals surface area contributed by atoms with E-state index in [0.29, 0.717) is 11.0 Å². The Bertz CT molecular complexity index is 359. The van der Waals surface area contributed by atoms with Crippen LogP contribution in [0.1, 0.15) is 13.8 Å². The molecule has 15 heavy (non-hydrogen) atoms. The number of carbonyl (C=O) groups is 1. The van der Waals surface area contributed by atoms with E-state index in [0.717, 1.165) is 0 Å². The van der Waals surface area contributed by atoms with Gasteiger partial charge in [0.15, 0.2) is 0 Å². The molecule has 0 saturated carbocycles. The lowest BCUT2D eigenvalue weighted by Gasteiger charge is -2.12. The third kappa shape index (κ3) is 3.76. The molecule has 6 heteroatoms. The van der Waals surface area contributed by atoms with Crippen LogP contribution in [0.5, 0.6) is 0 Å². The number of nitrogens with zero attached hydrogens (tertiary/aromatic N) is 2. The summed E-state index contributed by atoms with van der Waals surface area (Å²) < 4.78 is 0. The maximum Gasteiger partial charge on any atom is 0.239 e. The SMILES string of the molecule is CC(C)C(Br)C(=O)Nc1cc(Cl)ncn1. The molecule has 1 N–H and O–H groups in total. The topological polar surface area (TPSA) is 54.9 Å². The van der Waals surface area contributed by atoms with Crippen LogP contribution in [-0.2, 0) is 4.79 Å². The zero-order chi connectivity index (χ0) is 11.4. The van der Waals surface area contributed by atoms with Gasteiger partial charge in [-0.05, 0) is 5.92 Å². The average Bonchev–Trinajstić information content (AvgIpc) is 2.16. The highest BCUT2D eigenvalue weighted by Gasteiger charge is 2.18. The molecule has 1 amide bonds. The highest BCUT2D eigenvalue weighted by Crippen LogP contribution is 2.15. The van der Waals surface area contributed by atoms with Crippen molar-refractivity contribution < 1.29 is 4.79 Å². The van der Waals surface area contributed by atoms with E-state index in [2.05, 4.69) is 31.2 Å². The third-order valence-electron chi connectivity index (χ3n) is 1.72. The van der Waals surface area contributed by atoms with Crippen LogP contribution in [-0.4, -0.2) is 20.7 Å². The molecule has 0 aliphatic heterocycles. The third-order valence-corrected chi connectivity index (χ3v) is 3.40. The molecule has 0 spiro atoms. The van der Waals surface area contributed by atoms with Crippen LogP contribution in [0.15, 0.2) is 12.4 Å². The van der Waals surface area contributed by atoms with Gasteiger partial charge in [-0.2, -0.15) is 0 Å². The van der Waals surface area contributed by atoms with E-state index in [-0.39, 0.29) is 16.7 Å². The molecule has 0 fully saturated rings. The first-order valence-corrected chi connectivity index (χ1v) is 5.72. The van der Waals surface area contributed by atoms with Crippen molar-refractivity contribution in [2.75, 3.05) is 5.32 Å². The number of aromatic nitrogens is 2. The van der Waals surface area contributed by atoms with E-state index < -0.39 is 0 Å². The summed E-state index contributed by atoms with van der Waals surface area (Å²) in [7, 11) is 0. The number of rotatable bonds is 3. The predicted octanol–water partition coefficient (Wildman–Crippen LogP) is 2.49. The zero-order valence-corrected chi connectivity index (χ0v) is 10.7. The number of anilines is 1. The van der Waals surface area contributed by atoms with Crippen molar-refractivity contribution in [3.63, 3.8) is 0 Å². The quantitative estimate of drug-likeness (QED) is 0.688. The molecule has 1 heterocycles. The minimum absolute atomic E-state index is 0.139. The Balaban J connectivity index is 2.66. The van der Waals surface area contributed by atoms with Crippen LogP contribution < -0.4 is 5.32 Å². The van der Waals surface area contributed by atoms with Crippen LogP contribution in [0.2, 0.25) is 5.15 Å².